The van der Waals surface area contributed by atoms with Crippen LogP contribution in [0, 0.1) is 6.92 Å². The number of aliphatic imine (C=N–C) groups is 1. The molecule has 0 spiro atoms. The minimum atomic E-state index is -0.587. The number of ether oxygens (including phenoxy) is 2. The summed E-state index contributed by atoms with van der Waals surface area (Å²) in [6.45, 7) is 4.01. The van der Waals surface area contributed by atoms with Gasteiger partial charge in [0.25, 0.3) is 5.56 Å². The van der Waals surface area contributed by atoms with Crippen LogP contribution in [-0.2, 0) is 16.6 Å². The highest BCUT2D eigenvalue weighted by Crippen LogP contribution is 2.40. The maximum atomic E-state index is 12.6. The molecule has 1 aromatic heterocycles. The van der Waals surface area contributed by atoms with Gasteiger partial charge in [-0.15, -0.1) is 0 Å². The van der Waals surface area contributed by atoms with Gasteiger partial charge in [-0.2, -0.15) is 0 Å². The van der Waals surface area contributed by atoms with E-state index >= 15 is 0 Å². The number of hydrogen-bond donors (Lipinski definition) is 0. The summed E-state index contributed by atoms with van der Waals surface area (Å²) in [6, 6.07) is 12.4. The lowest BCUT2D eigenvalue weighted by Gasteiger charge is -2.16. The maximum Gasteiger partial charge on any atom is 0.308 e. The molecule has 7 heteroatoms. The Kier molecular flexibility index (Phi) is 6.38. The molecule has 4 rings (SSSR count). The zero-order chi connectivity index (χ0) is 23.7. The molecule has 0 bridgehead atoms. The number of hydrogen-bond acceptors (Lipinski definition) is 5. The second-order valence-electron chi connectivity index (χ2n) is 7.97. The van der Waals surface area contributed by atoms with Crippen LogP contribution in [-0.4, -0.2) is 30.0 Å². The molecule has 0 saturated carbocycles. The maximum absolute atomic E-state index is 12.6. The smallest absolute Gasteiger partial charge is 0.308 e. The Morgan fingerprint density at radius 3 is 2.55 bits per heavy atom. The van der Waals surface area contributed by atoms with Gasteiger partial charge in [-0.05, 0) is 60.9 Å². The van der Waals surface area contributed by atoms with Crippen molar-refractivity contribution < 1.29 is 14.3 Å². The molecule has 0 aliphatic carbocycles. The van der Waals surface area contributed by atoms with Crippen LogP contribution in [0.4, 0.5) is 0 Å². The van der Waals surface area contributed by atoms with E-state index in [1.807, 2.05) is 43.3 Å². The molecule has 1 atom stereocenters. The lowest BCUT2D eigenvalue weighted by Crippen LogP contribution is -2.18. The van der Waals surface area contributed by atoms with Crippen LogP contribution in [0.25, 0.3) is 11.1 Å². The summed E-state index contributed by atoms with van der Waals surface area (Å²) in [7, 11) is 3.33. The van der Waals surface area contributed by atoms with Crippen molar-refractivity contribution in [1.82, 2.24) is 4.57 Å². The van der Waals surface area contributed by atoms with Crippen LogP contribution < -0.4 is 10.3 Å². The Morgan fingerprint density at radius 1 is 1.09 bits per heavy atom. The molecular weight excluding hydrogens is 440 g/mol. The summed E-state index contributed by atoms with van der Waals surface area (Å²) in [4.78, 5) is 30.1. The minimum absolute atomic E-state index is 0.0231. The lowest BCUT2D eigenvalue weighted by molar-refractivity contribution is -0.143. The van der Waals surface area contributed by atoms with Crippen molar-refractivity contribution in [2.75, 3.05) is 13.7 Å². The first-order valence-corrected chi connectivity index (χ1v) is 11.1. The monoisotopic (exact) mass is 464 g/mol. The molecule has 2 heterocycles. The molecule has 0 fully saturated rings. The first-order chi connectivity index (χ1) is 15.8. The summed E-state index contributed by atoms with van der Waals surface area (Å²) >= 11 is 6.22. The summed E-state index contributed by atoms with van der Waals surface area (Å²) in [5, 5.41) is 0.630. The van der Waals surface area contributed by atoms with E-state index in [9.17, 15) is 9.59 Å². The number of halogens is 1. The SMILES string of the molecule is CCOC(=O)CC1N=C(c2ccc(Cl)cc2C)c2cc(OC)ccc2-c2cn(C)c(=O)cc21. The van der Waals surface area contributed by atoms with E-state index < -0.39 is 6.04 Å². The molecule has 170 valence electrons. The molecule has 0 saturated heterocycles. The number of carbonyl (C=O) groups is 1. The van der Waals surface area contributed by atoms with Crippen LogP contribution >= 0.6 is 11.6 Å². The van der Waals surface area contributed by atoms with E-state index in [0.717, 1.165) is 27.8 Å². The highest BCUT2D eigenvalue weighted by atomic mass is 35.5. The van der Waals surface area contributed by atoms with Crippen molar-refractivity contribution in [1.29, 1.82) is 0 Å². The molecule has 0 radical (unpaired) electrons. The topological polar surface area (TPSA) is 69.9 Å². The van der Waals surface area contributed by atoms with Crippen LogP contribution in [0.3, 0.4) is 0 Å². The van der Waals surface area contributed by atoms with Crippen molar-refractivity contribution in [3.05, 3.63) is 86.3 Å². The van der Waals surface area contributed by atoms with Crippen molar-refractivity contribution >= 4 is 23.3 Å². The van der Waals surface area contributed by atoms with Gasteiger partial charge in [-0.3, -0.25) is 14.6 Å². The fourth-order valence-corrected chi connectivity index (χ4v) is 4.39. The van der Waals surface area contributed by atoms with Gasteiger partial charge in [-0.1, -0.05) is 17.7 Å². The van der Waals surface area contributed by atoms with E-state index in [4.69, 9.17) is 26.1 Å². The number of carbonyl (C=O) groups excluding carboxylic acids is 1. The van der Waals surface area contributed by atoms with Gasteiger partial charge in [0.2, 0.25) is 0 Å². The standard InChI is InChI=1S/C26H25ClN2O4/c1-5-33-25(31)13-23-20-12-24(30)29(3)14-22(20)19-9-7-17(32-4)11-21(19)26(28-23)18-8-6-16(27)10-15(18)2/h6-12,14,23H,5,13H2,1-4H3. The highest BCUT2D eigenvalue weighted by Gasteiger charge is 2.28. The Balaban J connectivity index is 2.05. The summed E-state index contributed by atoms with van der Waals surface area (Å²) in [5.41, 5.74) is 5.67. The van der Waals surface area contributed by atoms with Gasteiger partial charge in [-0.25, -0.2) is 0 Å². The molecule has 6 nitrogen and oxygen atoms in total. The van der Waals surface area contributed by atoms with Crippen LogP contribution in [0.2, 0.25) is 5.02 Å². The molecular formula is C26H25ClN2O4. The van der Waals surface area contributed by atoms with E-state index in [2.05, 4.69) is 0 Å². The zero-order valence-electron chi connectivity index (χ0n) is 19.0. The quantitative estimate of drug-likeness (QED) is 0.505. The Hall–Kier alpha value is -3.38. The van der Waals surface area contributed by atoms with Crippen molar-refractivity contribution in [3.8, 4) is 16.9 Å². The fraction of sp³-hybridized carbons (Fsp3) is 0.269. The third-order valence-corrected chi connectivity index (χ3v) is 6.02. The van der Waals surface area contributed by atoms with Gasteiger partial charge in [0.1, 0.15) is 5.75 Å². The second-order valence-corrected chi connectivity index (χ2v) is 8.40. The van der Waals surface area contributed by atoms with Gasteiger partial charge < -0.3 is 14.0 Å². The minimum Gasteiger partial charge on any atom is -0.497 e. The number of esters is 1. The van der Waals surface area contributed by atoms with E-state index in [1.54, 1.807) is 33.3 Å². The van der Waals surface area contributed by atoms with E-state index in [0.29, 0.717) is 22.0 Å². The van der Waals surface area contributed by atoms with Crippen LogP contribution in [0.1, 0.15) is 41.6 Å². The Labute approximate surface area is 197 Å². The van der Waals surface area contributed by atoms with Gasteiger partial charge in [0.15, 0.2) is 0 Å². The lowest BCUT2D eigenvalue weighted by atomic mass is 9.90. The third kappa shape index (κ3) is 4.44. The number of methoxy groups -OCH3 is 1. The average Bonchev–Trinajstić information content (AvgIpc) is 2.89. The van der Waals surface area contributed by atoms with Gasteiger partial charge in [0, 0.05) is 41.0 Å². The predicted octanol–water partition coefficient (Wildman–Crippen LogP) is 4.87. The van der Waals surface area contributed by atoms with E-state index in [1.165, 1.54) is 4.57 Å². The van der Waals surface area contributed by atoms with Crippen LogP contribution in [0.5, 0.6) is 5.75 Å². The molecule has 0 amide bonds. The average molecular weight is 465 g/mol. The number of pyridine rings is 1. The van der Waals surface area contributed by atoms with Crippen molar-refractivity contribution in [2.24, 2.45) is 12.0 Å². The van der Waals surface area contributed by atoms with Crippen molar-refractivity contribution in [3.63, 3.8) is 0 Å². The van der Waals surface area contributed by atoms with Gasteiger partial charge in [0.05, 0.1) is 31.9 Å². The second kappa shape index (κ2) is 9.24. The molecule has 33 heavy (non-hydrogen) atoms. The summed E-state index contributed by atoms with van der Waals surface area (Å²) in [6.07, 6.45) is 1.82. The molecule has 1 unspecified atom stereocenters. The zero-order valence-corrected chi connectivity index (χ0v) is 19.8. The highest BCUT2D eigenvalue weighted by molar-refractivity contribution is 6.31. The first kappa shape index (κ1) is 22.8. The fourth-order valence-electron chi connectivity index (χ4n) is 4.16. The largest absolute Gasteiger partial charge is 0.497 e. The molecule has 1 aliphatic rings. The predicted molar refractivity (Wildman–Crippen MR) is 129 cm³/mol. The number of aryl methyl sites for hydroxylation is 2. The normalized spacial score (nSPS) is 14.6. The third-order valence-electron chi connectivity index (χ3n) is 5.79. The molecule has 0 N–H and O–H groups in total. The van der Waals surface area contributed by atoms with Crippen molar-refractivity contribution in [2.45, 2.75) is 26.3 Å². The number of benzene rings is 2. The number of rotatable bonds is 5. The molecule has 2 aromatic carbocycles. The summed E-state index contributed by atoms with van der Waals surface area (Å²) in [5.74, 6) is 0.317. The molecule has 3 aromatic rings. The van der Waals surface area contributed by atoms with E-state index in [-0.39, 0.29) is 24.6 Å². The number of fused-ring (bicyclic) bond motifs is 3. The van der Waals surface area contributed by atoms with Crippen LogP contribution in [0.15, 0.2) is 58.4 Å². The Morgan fingerprint density at radius 2 is 1.85 bits per heavy atom. The molecule has 1 aliphatic heterocycles. The number of aromatic nitrogens is 1. The van der Waals surface area contributed by atoms with Gasteiger partial charge >= 0.3 is 5.97 Å². The first-order valence-electron chi connectivity index (χ1n) is 10.7. The summed E-state index contributed by atoms with van der Waals surface area (Å²) < 4.78 is 12.3. The Bertz CT molecular complexity index is 1330. The number of nitrogens with zero attached hydrogens (tertiary/aromatic N) is 2.